The molecule has 0 aromatic carbocycles. The van der Waals surface area contributed by atoms with Gasteiger partial charge >= 0.3 is 0 Å². The van der Waals surface area contributed by atoms with Gasteiger partial charge in [0.15, 0.2) is 6.29 Å². The van der Waals surface area contributed by atoms with Gasteiger partial charge in [-0.15, -0.1) is 0 Å². The number of ether oxygens (including phenoxy) is 2. The van der Waals surface area contributed by atoms with Crippen LogP contribution in [-0.2, 0) is 14.3 Å². The molecule has 0 bridgehead atoms. The summed E-state index contributed by atoms with van der Waals surface area (Å²) in [5.41, 5.74) is 0. The second-order valence-electron chi connectivity index (χ2n) is 13.0. The largest absolute Gasteiger partial charge is 0.394 e. The molecule has 290 valence electrons. The fourth-order valence-corrected chi connectivity index (χ4v) is 5.33. The molecule has 51 heavy (non-hydrogen) atoms. The molecular weight excluding hydrogens is 646 g/mol. The van der Waals surface area contributed by atoms with Gasteiger partial charge in [0.25, 0.3) is 0 Å². The van der Waals surface area contributed by atoms with Gasteiger partial charge in [0.2, 0.25) is 5.91 Å². The zero-order valence-electron chi connectivity index (χ0n) is 31.3. The van der Waals surface area contributed by atoms with Crippen LogP contribution in [0.1, 0.15) is 117 Å². The number of hydrogen-bond acceptors (Lipinski definition) is 8. The highest BCUT2D eigenvalue weighted by atomic mass is 16.7. The number of hydrogen-bond donors (Lipinski definition) is 6. The highest BCUT2D eigenvalue weighted by molar-refractivity contribution is 5.76. The van der Waals surface area contributed by atoms with Gasteiger partial charge in [0.1, 0.15) is 24.4 Å². The first-order valence-electron chi connectivity index (χ1n) is 19.3. The minimum atomic E-state index is -1.58. The SMILES string of the molecule is CC/C=C\C/C=C\C/C=C\C/C=C\C/C=C\C/C=C\CCCCC(=O)NC(COC1OC(CO)C(O)C(O)C1O)C(O)/C=C/CCCCCCC. The molecule has 0 radical (unpaired) electrons. The smallest absolute Gasteiger partial charge is 0.220 e. The summed E-state index contributed by atoms with van der Waals surface area (Å²) in [5, 5.41) is 53.7. The Kier molecular flexibility index (Phi) is 29.2. The predicted molar refractivity (Wildman–Crippen MR) is 207 cm³/mol. The number of allylic oxidation sites excluding steroid dienone is 13. The first-order chi connectivity index (χ1) is 24.8. The zero-order valence-corrected chi connectivity index (χ0v) is 31.3. The highest BCUT2D eigenvalue weighted by Crippen LogP contribution is 2.22. The molecular formula is C42H69NO8. The van der Waals surface area contributed by atoms with E-state index in [1.807, 2.05) is 6.08 Å². The predicted octanol–water partition coefficient (Wildman–Crippen LogP) is 6.82. The fraction of sp³-hybridized carbons (Fsp3) is 0.643. The second-order valence-corrected chi connectivity index (χ2v) is 13.0. The molecule has 7 unspecified atom stereocenters. The number of carbonyl (C=O) groups excluding carboxylic acids is 1. The van der Waals surface area contributed by atoms with Gasteiger partial charge in [0.05, 0.1) is 25.4 Å². The Hall–Kier alpha value is -2.63. The van der Waals surface area contributed by atoms with Crippen molar-refractivity contribution in [2.24, 2.45) is 0 Å². The third-order valence-electron chi connectivity index (χ3n) is 8.48. The summed E-state index contributed by atoms with van der Waals surface area (Å²) in [7, 11) is 0. The van der Waals surface area contributed by atoms with Gasteiger partial charge in [-0.3, -0.25) is 4.79 Å². The van der Waals surface area contributed by atoms with Gasteiger partial charge < -0.3 is 40.3 Å². The van der Waals surface area contributed by atoms with Crippen molar-refractivity contribution in [3.8, 4) is 0 Å². The Morgan fingerprint density at radius 2 is 1.22 bits per heavy atom. The van der Waals surface area contributed by atoms with Crippen molar-refractivity contribution >= 4 is 5.91 Å². The molecule has 1 fully saturated rings. The third kappa shape index (κ3) is 23.5. The number of carbonyl (C=O) groups is 1. The summed E-state index contributed by atoms with van der Waals surface area (Å²) in [6.07, 6.45) is 36.5. The monoisotopic (exact) mass is 716 g/mol. The number of unbranched alkanes of at least 4 members (excludes halogenated alkanes) is 7. The van der Waals surface area contributed by atoms with Crippen molar-refractivity contribution in [3.05, 3.63) is 85.1 Å². The van der Waals surface area contributed by atoms with E-state index in [9.17, 15) is 30.3 Å². The van der Waals surface area contributed by atoms with E-state index in [-0.39, 0.29) is 18.9 Å². The van der Waals surface area contributed by atoms with Crippen LogP contribution >= 0.6 is 0 Å². The molecule has 6 N–H and O–H groups in total. The Morgan fingerprint density at radius 1 is 0.686 bits per heavy atom. The molecule has 1 aliphatic heterocycles. The number of aliphatic hydroxyl groups excluding tert-OH is 5. The van der Waals surface area contributed by atoms with Crippen LogP contribution in [-0.4, -0.2) is 87.5 Å². The molecule has 1 amide bonds. The molecule has 0 aromatic rings. The molecule has 7 atom stereocenters. The molecule has 9 nitrogen and oxygen atoms in total. The number of rotatable bonds is 29. The van der Waals surface area contributed by atoms with Crippen molar-refractivity contribution in [1.29, 1.82) is 0 Å². The summed E-state index contributed by atoms with van der Waals surface area (Å²) in [6, 6.07) is -0.829. The van der Waals surface area contributed by atoms with Crippen LogP contribution in [0, 0.1) is 0 Å². The molecule has 1 rings (SSSR count). The summed E-state index contributed by atoms with van der Waals surface area (Å²) >= 11 is 0. The Morgan fingerprint density at radius 3 is 1.78 bits per heavy atom. The maximum Gasteiger partial charge on any atom is 0.220 e. The average Bonchev–Trinajstić information content (AvgIpc) is 3.13. The van der Waals surface area contributed by atoms with Gasteiger partial charge in [-0.1, -0.05) is 125 Å². The van der Waals surface area contributed by atoms with E-state index in [2.05, 4.69) is 92.1 Å². The van der Waals surface area contributed by atoms with Crippen LogP contribution in [0.15, 0.2) is 85.1 Å². The number of amides is 1. The first-order valence-corrected chi connectivity index (χ1v) is 19.3. The highest BCUT2D eigenvalue weighted by Gasteiger charge is 2.44. The lowest BCUT2D eigenvalue weighted by atomic mass is 9.99. The third-order valence-corrected chi connectivity index (χ3v) is 8.48. The van der Waals surface area contributed by atoms with E-state index < -0.39 is 49.5 Å². The first kappa shape index (κ1) is 46.4. The summed E-state index contributed by atoms with van der Waals surface area (Å²) < 4.78 is 11.1. The van der Waals surface area contributed by atoms with Crippen molar-refractivity contribution < 1.29 is 39.8 Å². The van der Waals surface area contributed by atoms with E-state index in [0.717, 1.165) is 70.6 Å². The minimum absolute atomic E-state index is 0.213. The molecule has 1 heterocycles. The summed E-state index contributed by atoms with van der Waals surface area (Å²) in [4.78, 5) is 12.8. The Balaban J connectivity index is 2.40. The average molecular weight is 716 g/mol. The number of aliphatic hydroxyl groups is 5. The van der Waals surface area contributed by atoms with E-state index in [0.29, 0.717) is 6.42 Å². The van der Waals surface area contributed by atoms with Crippen LogP contribution in [0.3, 0.4) is 0 Å². The van der Waals surface area contributed by atoms with E-state index >= 15 is 0 Å². The lowest BCUT2D eigenvalue weighted by Gasteiger charge is -2.40. The van der Waals surface area contributed by atoms with Gasteiger partial charge in [0, 0.05) is 6.42 Å². The van der Waals surface area contributed by atoms with E-state index in [1.165, 1.54) is 19.3 Å². The zero-order chi connectivity index (χ0) is 37.4. The molecule has 0 spiro atoms. The second kappa shape index (κ2) is 32.1. The molecule has 1 aliphatic rings. The van der Waals surface area contributed by atoms with Crippen LogP contribution < -0.4 is 5.32 Å². The van der Waals surface area contributed by atoms with E-state index in [1.54, 1.807) is 6.08 Å². The van der Waals surface area contributed by atoms with E-state index in [4.69, 9.17) is 9.47 Å². The lowest BCUT2D eigenvalue weighted by Crippen LogP contribution is -2.60. The molecule has 0 aromatic heterocycles. The lowest BCUT2D eigenvalue weighted by molar-refractivity contribution is -0.302. The fourth-order valence-electron chi connectivity index (χ4n) is 5.33. The molecule has 9 heteroatoms. The molecule has 0 saturated carbocycles. The topological polar surface area (TPSA) is 149 Å². The molecule has 0 aliphatic carbocycles. The van der Waals surface area contributed by atoms with Crippen molar-refractivity contribution in [2.45, 2.75) is 159 Å². The Labute approximate surface area is 308 Å². The van der Waals surface area contributed by atoms with Crippen LogP contribution in [0.4, 0.5) is 0 Å². The van der Waals surface area contributed by atoms with Gasteiger partial charge in [-0.05, 0) is 70.6 Å². The van der Waals surface area contributed by atoms with Crippen LogP contribution in [0.25, 0.3) is 0 Å². The van der Waals surface area contributed by atoms with Crippen molar-refractivity contribution in [3.63, 3.8) is 0 Å². The van der Waals surface area contributed by atoms with Crippen molar-refractivity contribution in [2.75, 3.05) is 13.2 Å². The minimum Gasteiger partial charge on any atom is -0.394 e. The van der Waals surface area contributed by atoms with Gasteiger partial charge in [-0.25, -0.2) is 0 Å². The maximum atomic E-state index is 12.8. The quantitative estimate of drug-likeness (QED) is 0.0365. The van der Waals surface area contributed by atoms with Crippen molar-refractivity contribution in [1.82, 2.24) is 5.32 Å². The standard InChI is InChI=1S/C42H69NO8/c1-3-5-7-9-11-12-13-14-15-16-17-18-19-20-21-22-23-24-26-28-30-32-38(46)43-35(36(45)31-29-27-25-10-8-6-4-2)34-50-42-41(49)40(48)39(47)37(33-44)51-42/h5,7,11-12,14-15,17-18,20-21,23-24,29,31,35-37,39-42,44-45,47-49H,3-4,6,8-10,13,16,19,22,25-28,30,32-34H2,1-2H3,(H,43,46)/b7-5-,12-11-,15-14-,18-17-,21-20-,24-23-,31-29+. The van der Waals surface area contributed by atoms with Crippen LogP contribution in [0.2, 0.25) is 0 Å². The number of nitrogens with one attached hydrogen (secondary N) is 1. The normalized spacial score (nSPS) is 23.0. The Bertz CT molecular complexity index is 1060. The van der Waals surface area contributed by atoms with Gasteiger partial charge in [-0.2, -0.15) is 0 Å². The maximum absolute atomic E-state index is 12.8. The molecule has 1 saturated heterocycles. The summed E-state index contributed by atoms with van der Waals surface area (Å²) in [5.74, 6) is -0.229. The summed E-state index contributed by atoms with van der Waals surface area (Å²) in [6.45, 7) is 3.52. The van der Waals surface area contributed by atoms with Crippen LogP contribution in [0.5, 0.6) is 0 Å².